The van der Waals surface area contributed by atoms with Crippen molar-refractivity contribution in [3.63, 3.8) is 0 Å². The third-order valence-electron chi connectivity index (χ3n) is 5.66. The topological polar surface area (TPSA) is 66.9 Å². The van der Waals surface area contributed by atoms with Gasteiger partial charge in [-0.3, -0.25) is 14.4 Å². The molecular formula is C25H30N2O4. The highest BCUT2D eigenvalue weighted by Crippen LogP contribution is 2.26. The Labute approximate surface area is 183 Å². The molecule has 2 amide bonds. The van der Waals surface area contributed by atoms with E-state index in [1.165, 1.54) is 4.90 Å². The first kappa shape index (κ1) is 22.5. The van der Waals surface area contributed by atoms with E-state index in [2.05, 4.69) is 0 Å². The molecule has 1 saturated heterocycles. The summed E-state index contributed by atoms with van der Waals surface area (Å²) >= 11 is 0. The van der Waals surface area contributed by atoms with Gasteiger partial charge >= 0.3 is 5.97 Å². The zero-order valence-corrected chi connectivity index (χ0v) is 18.2. The number of carbonyl (C=O) groups excluding carboxylic acids is 3. The normalized spacial score (nSPS) is 16.1. The van der Waals surface area contributed by atoms with E-state index in [4.69, 9.17) is 4.74 Å². The van der Waals surface area contributed by atoms with Gasteiger partial charge in [-0.15, -0.1) is 0 Å². The minimum absolute atomic E-state index is 0.0233. The summed E-state index contributed by atoms with van der Waals surface area (Å²) in [6.45, 7) is 3.03. The van der Waals surface area contributed by atoms with Crippen LogP contribution in [0.2, 0.25) is 0 Å². The minimum atomic E-state index is -0.478. The van der Waals surface area contributed by atoms with E-state index in [-0.39, 0.29) is 30.2 Å². The standard InChI is InChI=1S/C25H30N2O4/c1-3-31-25(30)21-15-10-16-27(17-21)22(28)18-26(2)24(29)23(19-11-6-4-7-12-19)20-13-8-5-9-14-20/h4-9,11-14,21,23H,3,10,15-18H2,1-2H3. The van der Waals surface area contributed by atoms with E-state index in [1.54, 1.807) is 18.9 Å². The first-order valence-electron chi connectivity index (χ1n) is 10.8. The smallest absolute Gasteiger partial charge is 0.310 e. The molecule has 0 radical (unpaired) electrons. The lowest BCUT2D eigenvalue weighted by Crippen LogP contribution is -2.47. The van der Waals surface area contributed by atoms with Crippen LogP contribution in [0.1, 0.15) is 36.8 Å². The van der Waals surface area contributed by atoms with Gasteiger partial charge in [0, 0.05) is 20.1 Å². The van der Waals surface area contributed by atoms with Crippen LogP contribution in [-0.4, -0.2) is 60.9 Å². The summed E-state index contributed by atoms with van der Waals surface area (Å²) in [6, 6.07) is 19.2. The van der Waals surface area contributed by atoms with E-state index >= 15 is 0 Å². The van der Waals surface area contributed by atoms with Crippen molar-refractivity contribution >= 4 is 17.8 Å². The third-order valence-corrected chi connectivity index (χ3v) is 5.66. The maximum atomic E-state index is 13.4. The number of piperidine rings is 1. The summed E-state index contributed by atoms with van der Waals surface area (Å²) in [5.41, 5.74) is 1.77. The minimum Gasteiger partial charge on any atom is -0.466 e. The molecule has 0 bridgehead atoms. The van der Waals surface area contributed by atoms with Crippen molar-refractivity contribution in [3.8, 4) is 0 Å². The lowest BCUT2D eigenvalue weighted by molar-refractivity contribution is -0.152. The van der Waals surface area contributed by atoms with Gasteiger partial charge in [-0.1, -0.05) is 60.7 Å². The molecule has 2 aromatic rings. The van der Waals surface area contributed by atoms with Crippen molar-refractivity contribution in [3.05, 3.63) is 71.8 Å². The van der Waals surface area contributed by atoms with Crippen LogP contribution in [0.15, 0.2) is 60.7 Å². The van der Waals surface area contributed by atoms with Gasteiger partial charge in [0.1, 0.15) is 0 Å². The van der Waals surface area contributed by atoms with Crippen LogP contribution in [0.3, 0.4) is 0 Å². The van der Waals surface area contributed by atoms with Crippen LogP contribution in [-0.2, 0) is 19.1 Å². The molecule has 1 unspecified atom stereocenters. The maximum absolute atomic E-state index is 13.4. The molecule has 31 heavy (non-hydrogen) atoms. The fraction of sp³-hybridized carbons (Fsp3) is 0.400. The molecule has 0 aromatic heterocycles. The Kier molecular flexibility index (Phi) is 7.82. The number of nitrogens with zero attached hydrogens (tertiary/aromatic N) is 2. The van der Waals surface area contributed by atoms with Crippen molar-refractivity contribution in [2.45, 2.75) is 25.7 Å². The fourth-order valence-corrected chi connectivity index (χ4v) is 4.03. The molecule has 3 rings (SSSR count). The second kappa shape index (κ2) is 10.8. The Bertz CT molecular complexity index is 845. The number of hydrogen-bond acceptors (Lipinski definition) is 4. The Hall–Kier alpha value is -3.15. The zero-order chi connectivity index (χ0) is 22.2. The molecule has 2 aromatic carbocycles. The van der Waals surface area contributed by atoms with Crippen LogP contribution >= 0.6 is 0 Å². The number of hydrogen-bond donors (Lipinski definition) is 0. The van der Waals surface area contributed by atoms with Crippen molar-refractivity contribution in [1.82, 2.24) is 9.80 Å². The number of likely N-dealkylation sites (N-methyl/N-ethyl adjacent to an activating group) is 1. The number of amides is 2. The van der Waals surface area contributed by atoms with E-state index < -0.39 is 5.92 Å². The Balaban J connectivity index is 1.70. The highest BCUT2D eigenvalue weighted by Gasteiger charge is 2.31. The molecule has 1 aliphatic rings. The van der Waals surface area contributed by atoms with Crippen LogP contribution in [0.4, 0.5) is 0 Å². The summed E-state index contributed by atoms with van der Waals surface area (Å²) in [5.74, 6) is -1.30. The predicted molar refractivity (Wildman–Crippen MR) is 118 cm³/mol. The van der Waals surface area contributed by atoms with Crippen molar-refractivity contribution in [2.75, 3.05) is 33.3 Å². The summed E-state index contributed by atoms with van der Waals surface area (Å²) in [6.07, 6.45) is 1.48. The first-order valence-corrected chi connectivity index (χ1v) is 10.8. The second-order valence-corrected chi connectivity index (χ2v) is 7.88. The van der Waals surface area contributed by atoms with Crippen LogP contribution < -0.4 is 0 Å². The van der Waals surface area contributed by atoms with Crippen molar-refractivity contribution < 1.29 is 19.1 Å². The maximum Gasteiger partial charge on any atom is 0.310 e. The summed E-state index contributed by atoms with van der Waals surface area (Å²) in [7, 11) is 1.66. The first-order chi connectivity index (χ1) is 15.0. The number of carbonyl (C=O) groups is 3. The zero-order valence-electron chi connectivity index (χ0n) is 18.2. The molecule has 0 N–H and O–H groups in total. The molecule has 1 heterocycles. The molecule has 0 saturated carbocycles. The molecule has 1 aliphatic heterocycles. The van der Waals surface area contributed by atoms with Crippen LogP contribution in [0, 0.1) is 5.92 Å². The van der Waals surface area contributed by atoms with Gasteiger partial charge in [-0.25, -0.2) is 0 Å². The second-order valence-electron chi connectivity index (χ2n) is 7.88. The average molecular weight is 423 g/mol. The van der Waals surface area contributed by atoms with E-state index in [9.17, 15) is 14.4 Å². The van der Waals surface area contributed by atoms with Gasteiger partial charge in [0.2, 0.25) is 11.8 Å². The molecule has 6 heteroatoms. The largest absolute Gasteiger partial charge is 0.466 e. The molecule has 0 aliphatic carbocycles. The monoisotopic (exact) mass is 422 g/mol. The summed E-state index contributed by atoms with van der Waals surface area (Å²) in [4.78, 5) is 41.6. The number of likely N-dealkylation sites (tertiary alicyclic amines) is 1. The lowest BCUT2D eigenvalue weighted by Gasteiger charge is -2.33. The average Bonchev–Trinajstić information content (AvgIpc) is 2.81. The summed E-state index contributed by atoms with van der Waals surface area (Å²) in [5, 5.41) is 0. The van der Waals surface area contributed by atoms with Crippen molar-refractivity contribution in [1.29, 1.82) is 0 Å². The predicted octanol–water partition coefficient (Wildman–Crippen LogP) is 3.08. The lowest BCUT2D eigenvalue weighted by atomic mass is 9.90. The SMILES string of the molecule is CCOC(=O)C1CCCN(C(=O)CN(C)C(=O)C(c2ccccc2)c2ccccc2)C1. The molecule has 6 nitrogen and oxygen atoms in total. The molecular weight excluding hydrogens is 392 g/mol. The number of esters is 1. The van der Waals surface area contributed by atoms with Gasteiger partial charge in [0.05, 0.1) is 25.0 Å². The number of ether oxygens (including phenoxy) is 1. The molecule has 1 fully saturated rings. The third kappa shape index (κ3) is 5.72. The van der Waals surface area contributed by atoms with Gasteiger partial charge in [0.25, 0.3) is 0 Å². The van der Waals surface area contributed by atoms with E-state index in [1.807, 2.05) is 60.7 Å². The Morgan fingerprint density at radius 3 is 2.16 bits per heavy atom. The Morgan fingerprint density at radius 2 is 1.61 bits per heavy atom. The van der Waals surface area contributed by atoms with Gasteiger partial charge in [0.15, 0.2) is 0 Å². The van der Waals surface area contributed by atoms with Gasteiger partial charge in [-0.05, 0) is 30.9 Å². The molecule has 1 atom stereocenters. The highest BCUT2D eigenvalue weighted by atomic mass is 16.5. The quantitative estimate of drug-likeness (QED) is 0.643. The number of benzene rings is 2. The van der Waals surface area contributed by atoms with Crippen LogP contribution in [0.25, 0.3) is 0 Å². The van der Waals surface area contributed by atoms with E-state index in [0.29, 0.717) is 19.7 Å². The van der Waals surface area contributed by atoms with Crippen molar-refractivity contribution in [2.24, 2.45) is 5.92 Å². The summed E-state index contributed by atoms with van der Waals surface area (Å²) < 4.78 is 5.12. The molecule has 0 spiro atoms. The number of rotatable bonds is 7. The molecule has 164 valence electrons. The Morgan fingerprint density at radius 1 is 1.03 bits per heavy atom. The van der Waals surface area contributed by atoms with E-state index in [0.717, 1.165) is 24.0 Å². The van der Waals surface area contributed by atoms with Gasteiger partial charge < -0.3 is 14.5 Å². The highest BCUT2D eigenvalue weighted by molar-refractivity contribution is 5.90. The van der Waals surface area contributed by atoms with Crippen LogP contribution in [0.5, 0.6) is 0 Å². The fourth-order valence-electron chi connectivity index (χ4n) is 4.03. The van der Waals surface area contributed by atoms with Gasteiger partial charge in [-0.2, -0.15) is 0 Å².